The number of likely N-dealkylation sites (N-methyl/N-ethyl adjacent to an activating group) is 1. The van der Waals surface area contributed by atoms with E-state index in [1.165, 1.54) is 17.0 Å². The molecule has 3 aromatic carbocycles. The Labute approximate surface area is 238 Å². The number of halogens is 2. The third-order valence-electron chi connectivity index (χ3n) is 6.04. The molecule has 0 fully saturated rings. The van der Waals surface area contributed by atoms with E-state index in [1.807, 2.05) is 13.8 Å². The van der Waals surface area contributed by atoms with Crippen molar-refractivity contribution >= 4 is 55.1 Å². The summed E-state index contributed by atoms with van der Waals surface area (Å²) in [6, 6.07) is 19.4. The minimum atomic E-state index is -4.11. The van der Waals surface area contributed by atoms with E-state index < -0.39 is 28.5 Å². The molecule has 7 nitrogen and oxygen atoms in total. The molecule has 0 aromatic heterocycles. The number of carbonyl (C=O) groups excluding carboxylic acids is 2. The average molecular weight is 621 g/mol. The molecule has 0 spiro atoms. The second-order valence-corrected chi connectivity index (χ2v) is 11.9. The van der Waals surface area contributed by atoms with Crippen molar-refractivity contribution in [1.29, 1.82) is 0 Å². The van der Waals surface area contributed by atoms with E-state index in [2.05, 4.69) is 21.2 Å². The highest BCUT2D eigenvalue weighted by Gasteiger charge is 2.33. The van der Waals surface area contributed by atoms with E-state index in [9.17, 15) is 18.0 Å². The fourth-order valence-corrected chi connectivity index (χ4v) is 5.87. The summed E-state index contributed by atoms with van der Waals surface area (Å²) < 4.78 is 29.5. The van der Waals surface area contributed by atoms with Gasteiger partial charge in [0.2, 0.25) is 11.8 Å². The van der Waals surface area contributed by atoms with Crippen LogP contribution in [0.4, 0.5) is 5.69 Å². The number of amides is 2. The van der Waals surface area contributed by atoms with Crippen LogP contribution in [0.2, 0.25) is 5.02 Å². The maximum atomic E-state index is 13.9. The van der Waals surface area contributed by atoms with Crippen molar-refractivity contribution in [2.75, 3.05) is 17.4 Å². The van der Waals surface area contributed by atoms with Crippen molar-refractivity contribution in [1.82, 2.24) is 10.2 Å². The molecule has 3 aromatic rings. The fraction of sp³-hybridized carbons (Fsp3) is 0.286. The van der Waals surface area contributed by atoms with Crippen molar-refractivity contribution in [2.24, 2.45) is 0 Å². The van der Waals surface area contributed by atoms with Gasteiger partial charge in [-0.1, -0.05) is 70.3 Å². The zero-order chi connectivity index (χ0) is 27.9. The maximum absolute atomic E-state index is 13.9. The van der Waals surface area contributed by atoms with Crippen LogP contribution in [-0.4, -0.2) is 44.3 Å². The molecule has 3 rings (SSSR count). The summed E-state index contributed by atoms with van der Waals surface area (Å²) in [5, 5.41) is 3.23. The Morgan fingerprint density at radius 3 is 2.18 bits per heavy atom. The number of sulfonamides is 1. The summed E-state index contributed by atoms with van der Waals surface area (Å²) in [5.74, 6) is -0.839. The molecule has 0 aliphatic heterocycles. The van der Waals surface area contributed by atoms with Gasteiger partial charge in [0.15, 0.2) is 0 Å². The molecule has 38 heavy (non-hydrogen) atoms. The number of benzene rings is 3. The minimum absolute atomic E-state index is 0.0485. The van der Waals surface area contributed by atoms with Crippen LogP contribution >= 0.6 is 27.5 Å². The molecule has 0 radical (unpaired) electrons. The number of rotatable bonds is 11. The van der Waals surface area contributed by atoms with E-state index in [1.54, 1.807) is 67.6 Å². The number of hydrogen-bond acceptors (Lipinski definition) is 4. The normalized spacial score (nSPS) is 12.0. The lowest BCUT2D eigenvalue weighted by atomic mass is 10.1. The molecule has 1 N–H and O–H groups in total. The first kappa shape index (κ1) is 29.7. The van der Waals surface area contributed by atoms with Gasteiger partial charge in [-0.05, 0) is 68.3 Å². The van der Waals surface area contributed by atoms with Crippen molar-refractivity contribution in [2.45, 2.75) is 44.7 Å². The van der Waals surface area contributed by atoms with Crippen molar-refractivity contribution in [3.63, 3.8) is 0 Å². The van der Waals surface area contributed by atoms with Crippen LogP contribution in [0.1, 0.15) is 31.4 Å². The largest absolute Gasteiger partial charge is 0.355 e. The van der Waals surface area contributed by atoms with Crippen LogP contribution in [0.5, 0.6) is 0 Å². The molecule has 1 atom stereocenters. The molecule has 0 aliphatic carbocycles. The second kappa shape index (κ2) is 13.3. The average Bonchev–Trinajstić information content (AvgIpc) is 2.89. The Balaban J connectivity index is 2.06. The standard InChI is InChI=1S/C28H31BrClN3O4S/c1-4-26(28(35)31-5-2)32(18-21-8-6-7-9-25(21)30)27(34)19-33(23-14-12-22(29)13-15-23)38(36,37)24-16-10-20(3)11-17-24/h6-17,26H,4-5,18-19H2,1-3H3,(H,31,35)/t26-/m0/s1. The summed E-state index contributed by atoms with van der Waals surface area (Å²) in [4.78, 5) is 28.4. The summed E-state index contributed by atoms with van der Waals surface area (Å²) in [6.07, 6.45) is 0.338. The van der Waals surface area contributed by atoms with Gasteiger partial charge in [0.1, 0.15) is 12.6 Å². The molecule has 0 aliphatic rings. The first-order valence-corrected chi connectivity index (χ1v) is 14.8. The summed E-state index contributed by atoms with van der Waals surface area (Å²) in [7, 11) is -4.11. The van der Waals surface area contributed by atoms with Gasteiger partial charge in [0.05, 0.1) is 10.6 Å². The van der Waals surface area contributed by atoms with Crippen LogP contribution < -0.4 is 9.62 Å². The molecule has 10 heteroatoms. The summed E-state index contributed by atoms with van der Waals surface area (Å²) >= 11 is 9.77. The SMILES string of the molecule is CCNC(=O)[C@H](CC)N(Cc1ccccc1Cl)C(=O)CN(c1ccc(Br)cc1)S(=O)(=O)c1ccc(C)cc1. The zero-order valence-electron chi connectivity index (χ0n) is 21.5. The topological polar surface area (TPSA) is 86.8 Å². The van der Waals surface area contributed by atoms with Gasteiger partial charge in [-0.25, -0.2) is 8.42 Å². The van der Waals surface area contributed by atoms with E-state index in [-0.39, 0.29) is 17.3 Å². The Hall–Kier alpha value is -2.88. The van der Waals surface area contributed by atoms with Gasteiger partial charge >= 0.3 is 0 Å². The quantitative estimate of drug-likeness (QED) is 0.305. The smallest absolute Gasteiger partial charge is 0.264 e. The predicted octanol–water partition coefficient (Wildman–Crippen LogP) is 5.55. The Morgan fingerprint density at radius 1 is 0.974 bits per heavy atom. The Morgan fingerprint density at radius 2 is 1.61 bits per heavy atom. The van der Waals surface area contributed by atoms with Crippen LogP contribution in [0.3, 0.4) is 0 Å². The molecule has 0 saturated carbocycles. The lowest BCUT2D eigenvalue weighted by molar-refractivity contribution is -0.140. The number of nitrogens with one attached hydrogen (secondary N) is 1. The molecule has 0 heterocycles. The van der Waals surface area contributed by atoms with Gasteiger partial charge < -0.3 is 10.2 Å². The third-order valence-corrected chi connectivity index (χ3v) is 8.72. The van der Waals surface area contributed by atoms with E-state index in [4.69, 9.17) is 11.6 Å². The monoisotopic (exact) mass is 619 g/mol. The molecule has 0 bridgehead atoms. The lowest BCUT2D eigenvalue weighted by Crippen LogP contribution is -2.52. The number of hydrogen-bond donors (Lipinski definition) is 1. The number of anilines is 1. The maximum Gasteiger partial charge on any atom is 0.264 e. The van der Waals surface area contributed by atoms with Crippen molar-refractivity contribution in [3.8, 4) is 0 Å². The highest BCUT2D eigenvalue weighted by atomic mass is 79.9. The number of carbonyl (C=O) groups is 2. The van der Waals surface area contributed by atoms with E-state index in [0.29, 0.717) is 29.2 Å². The molecule has 2 amide bonds. The number of nitrogens with zero attached hydrogens (tertiary/aromatic N) is 2. The van der Waals surface area contributed by atoms with Crippen molar-refractivity contribution in [3.05, 3.63) is 93.4 Å². The molecule has 0 unspecified atom stereocenters. The molecule has 0 saturated heterocycles. The number of aryl methyl sites for hydroxylation is 1. The van der Waals surface area contributed by atoms with Gasteiger partial charge in [0.25, 0.3) is 10.0 Å². The van der Waals surface area contributed by atoms with Crippen molar-refractivity contribution < 1.29 is 18.0 Å². The Bertz CT molecular complexity index is 1370. The zero-order valence-corrected chi connectivity index (χ0v) is 24.7. The second-order valence-electron chi connectivity index (χ2n) is 8.73. The predicted molar refractivity (Wildman–Crippen MR) is 155 cm³/mol. The van der Waals surface area contributed by atoms with Gasteiger partial charge in [-0.2, -0.15) is 0 Å². The highest BCUT2D eigenvalue weighted by molar-refractivity contribution is 9.10. The van der Waals surface area contributed by atoms with Gasteiger partial charge in [-0.3, -0.25) is 13.9 Å². The van der Waals surface area contributed by atoms with Crippen LogP contribution in [-0.2, 0) is 26.2 Å². The van der Waals surface area contributed by atoms with Crippen LogP contribution in [0.25, 0.3) is 0 Å². The van der Waals surface area contributed by atoms with E-state index in [0.717, 1.165) is 14.3 Å². The fourth-order valence-electron chi connectivity index (χ4n) is 4.00. The van der Waals surface area contributed by atoms with Crippen LogP contribution in [0.15, 0.2) is 82.2 Å². The molecular formula is C28H31BrClN3O4S. The Kier molecular flexibility index (Phi) is 10.4. The van der Waals surface area contributed by atoms with Crippen LogP contribution in [0, 0.1) is 6.92 Å². The summed E-state index contributed by atoms with van der Waals surface area (Å²) in [5.41, 5.74) is 1.89. The lowest BCUT2D eigenvalue weighted by Gasteiger charge is -2.33. The van der Waals surface area contributed by atoms with Gasteiger partial charge in [0, 0.05) is 22.6 Å². The molecular weight excluding hydrogens is 590 g/mol. The third kappa shape index (κ3) is 7.15. The minimum Gasteiger partial charge on any atom is -0.355 e. The summed E-state index contributed by atoms with van der Waals surface area (Å²) in [6.45, 7) is 5.42. The highest BCUT2D eigenvalue weighted by Crippen LogP contribution is 2.27. The van der Waals surface area contributed by atoms with E-state index >= 15 is 0 Å². The first-order chi connectivity index (χ1) is 18.1. The van der Waals surface area contributed by atoms with Gasteiger partial charge in [-0.15, -0.1) is 0 Å². The first-order valence-electron chi connectivity index (χ1n) is 12.2. The molecule has 202 valence electrons.